The van der Waals surface area contributed by atoms with Crippen LogP contribution >= 0.6 is 11.3 Å². The van der Waals surface area contributed by atoms with Crippen LogP contribution in [0.3, 0.4) is 0 Å². The van der Waals surface area contributed by atoms with Gasteiger partial charge in [-0.05, 0) is 48.4 Å². The first-order valence-corrected chi connectivity index (χ1v) is 8.46. The third kappa shape index (κ3) is 3.00. The summed E-state index contributed by atoms with van der Waals surface area (Å²) in [4.78, 5) is 16.0. The van der Waals surface area contributed by atoms with Crippen LogP contribution in [0.25, 0.3) is 11.3 Å². The molecule has 0 atom stereocenters. The van der Waals surface area contributed by atoms with Crippen molar-refractivity contribution in [3.05, 3.63) is 59.2 Å². The fraction of sp³-hybridized carbons (Fsp3) is 0.111. The quantitative estimate of drug-likeness (QED) is 0.734. The molecule has 0 aliphatic carbocycles. The van der Waals surface area contributed by atoms with Crippen LogP contribution in [-0.2, 0) is 11.2 Å². The zero-order chi connectivity index (χ0) is 16.5. The molecule has 24 heavy (non-hydrogen) atoms. The first-order chi connectivity index (χ1) is 11.7. The minimum Gasteiger partial charge on any atom is -0.332 e. The van der Waals surface area contributed by atoms with E-state index in [1.54, 1.807) is 12.1 Å². The third-order valence-corrected chi connectivity index (χ3v) is 4.65. The number of hydrogen-bond acceptors (Lipinski definition) is 4. The molecular formula is C18H14FN3OS. The van der Waals surface area contributed by atoms with Gasteiger partial charge in [-0.2, -0.15) is 0 Å². The molecule has 0 fully saturated rings. The Morgan fingerprint density at radius 1 is 1.12 bits per heavy atom. The van der Waals surface area contributed by atoms with Gasteiger partial charge < -0.3 is 10.6 Å². The number of anilines is 3. The normalized spacial score (nSPS) is 13.3. The molecule has 0 radical (unpaired) electrons. The number of nitrogens with one attached hydrogen (secondary N) is 2. The van der Waals surface area contributed by atoms with Gasteiger partial charge in [0.1, 0.15) is 5.82 Å². The zero-order valence-electron chi connectivity index (χ0n) is 12.7. The summed E-state index contributed by atoms with van der Waals surface area (Å²) in [5.74, 6) is -0.198. The number of aryl methyl sites for hydroxylation is 1. The highest BCUT2D eigenvalue weighted by Crippen LogP contribution is 2.31. The number of carbonyl (C=O) groups excluding carboxylic acids is 1. The molecule has 0 spiro atoms. The molecule has 3 aromatic rings. The van der Waals surface area contributed by atoms with Crippen molar-refractivity contribution < 1.29 is 9.18 Å². The largest absolute Gasteiger partial charge is 0.332 e. The highest BCUT2D eigenvalue weighted by atomic mass is 32.1. The molecule has 4 rings (SSSR count). The highest BCUT2D eigenvalue weighted by Gasteiger charge is 2.15. The van der Waals surface area contributed by atoms with E-state index >= 15 is 0 Å². The van der Waals surface area contributed by atoms with Crippen LogP contribution in [0.5, 0.6) is 0 Å². The molecule has 0 saturated carbocycles. The van der Waals surface area contributed by atoms with Gasteiger partial charge in [0.15, 0.2) is 5.13 Å². The third-order valence-electron chi connectivity index (χ3n) is 3.90. The van der Waals surface area contributed by atoms with Crippen LogP contribution in [-0.4, -0.2) is 10.9 Å². The topological polar surface area (TPSA) is 54.0 Å². The van der Waals surface area contributed by atoms with Gasteiger partial charge in [-0.3, -0.25) is 4.79 Å². The maximum atomic E-state index is 12.9. The van der Waals surface area contributed by atoms with E-state index in [2.05, 4.69) is 21.7 Å². The molecular weight excluding hydrogens is 325 g/mol. The molecule has 1 aromatic heterocycles. The Morgan fingerprint density at radius 2 is 1.96 bits per heavy atom. The highest BCUT2D eigenvalue weighted by molar-refractivity contribution is 7.14. The molecule has 2 N–H and O–H groups in total. The van der Waals surface area contributed by atoms with E-state index in [1.165, 1.54) is 23.5 Å². The van der Waals surface area contributed by atoms with E-state index < -0.39 is 0 Å². The predicted molar refractivity (Wildman–Crippen MR) is 94.2 cm³/mol. The van der Waals surface area contributed by atoms with Gasteiger partial charge in [-0.1, -0.05) is 6.07 Å². The monoisotopic (exact) mass is 339 g/mol. The van der Waals surface area contributed by atoms with E-state index in [0.717, 1.165) is 39.7 Å². The zero-order valence-corrected chi connectivity index (χ0v) is 13.5. The van der Waals surface area contributed by atoms with Crippen molar-refractivity contribution >= 4 is 33.8 Å². The number of aromatic nitrogens is 1. The number of halogens is 1. The van der Waals surface area contributed by atoms with E-state index in [1.807, 2.05) is 17.5 Å². The number of fused-ring (bicyclic) bond motifs is 1. The molecule has 0 bridgehead atoms. The molecule has 4 nitrogen and oxygen atoms in total. The van der Waals surface area contributed by atoms with E-state index in [9.17, 15) is 9.18 Å². The number of rotatable bonds is 3. The second kappa shape index (κ2) is 6.05. The van der Waals surface area contributed by atoms with Gasteiger partial charge in [0.05, 0.1) is 5.69 Å². The van der Waals surface area contributed by atoms with Gasteiger partial charge in [-0.15, -0.1) is 11.3 Å². The van der Waals surface area contributed by atoms with Crippen LogP contribution < -0.4 is 10.6 Å². The standard InChI is InChI=1S/C18H14FN3OS/c19-13-3-5-14(6-4-13)20-18-22-16(10-24-18)12-1-7-15-11(9-12)2-8-17(23)21-15/h1,3-7,9-10H,2,8H2,(H,20,22)(H,21,23). The Hall–Kier alpha value is -2.73. The maximum absolute atomic E-state index is 12.9. The lowest BCUT2D eigenvalue weighted by molar-refractivity contribution is -0.116. The first kappa shape index (κ1) is 14.8. The van der Waals surface area contributed by atoms with Gasteiger partial charge >= 0.3 is 0 Å². The average Bonchev–Trinajstić information content (AvgIpc) is 3.05. The molecule has 120 valence electrons. The van der Waals surface area contributed by atoms with Crippen molar-refractivity contribution in [1.29, 1.82) is 0 Å². The van der Waals surface area contributed by atoms with Crippen molar-refractivity contribution in [1.82, 2.24) is 4.98 Å². The fourth-order valence-corrected chi connectivity index (χ4v) is 3.40. The van der Waals surface area contributed by atoms with E-state index in [4.69, 9.17) is 0 Å². The molecule has 0 unspecified atom stereocenters. The van der Waals surface area contributed by atoms with Crippen molar-refractivity contribution in [2.24, 2.45) is 0 Å². The van der Waals surface area contributed by atoms with E-state index in [0.29, 0.717) is 6.42 Å². The fourth-order valence-electron chi connectivity index (χ4n) is 2.66. The van der Waals surface area contributed by atoms with Gasteiger partial charge in [-0.25, -0.2) is 9.37 Å². The van der Waals surface area contributed by atoms with Crippen LogP contribution in [0.2, 0.25) is 0 Å². The predicted octanol–water partition coefficient (Wildman–Crippen LogP) is 4.58. The smallest absolute Gasteiger partial charge is 0.224 e. The van der Waals surface area contributed by atoms with E-state index in [-0.39, 0.29) is 11.7 Å². The lowest BCUT2D eigenvalue weighted by Crippen LogP contribution is -2.18. The molecule has 1 aliphatic rings. The Kier molecular flexibility index (Phi) is 3.74. The second-order valence-electron chi connectivity index (χ2n) is 5.59. The van der Waals surface area contributed by atoms with Gasteiger partial charge in [0.2, 0.25) is 5.91 Å². The molecule has 6 heteroatoms. The SMILES string of the molecule is O=C1CCc2cc(-c3csc(Nc4ccc(F)cc4)n3)ccc2N1. The lowest BCUT2D eigenvalue weighted by atomic mass is 9.99. The van der Waals surface area contributed by atoms with Crippen LogP contribution in [0.15, 0.2) is 47.8 Å². The Balaban J connectivity index is 1.56. The summed E-state index contributed by atoms with van der Waals surface area (Å²) >= 11 is 1.50. The molecule has 0 saturated heterocycles. The lowest BCUT2D eigenvalue weighted by Gasteiger charge is -2.17. The van der Waals surface area contributed by atoms with Crippen LogP contribution in [0.4, 0.5) is 20.9 Å². The minimum absolute atomic E-state index is 0.0645. The first-order valence-electron chi connectivity index (χ1n) is 7.59. The van der Waals surface area contributed by atoms with Crippen molar-refractivity contribution in [2.45, 2.75) is 12.8 Å². The summed E-state index contributed by atoms with van der Waals surface area (Å²) in [5.41, 5.74) is 4.71. The van der Waals surface area contributed by atoms with Crippen molar-refractivity contribution in [3.8, 4) is 11.3 Å². The number of benzene rings is 2. The number of nitrogens with zero attached hydrogens (tertiary/aromatic N) is 1. The Bertz CT molecular complexity index is 905. The summed E-state index contributed by atoms with van der Waals surface area (Å²) in [7, 11) is 0. The second-order valence-corrected chi connectivity index (χ2v) is 6.45. The maximum Gasteiger partial charge on any atom is 0.224 e. The molecule has 2 heterocycles. The van der Waals surface area contributed by atoms with Gasteiger partial charge in [0, 0.05) is 28.7 Å². The minimum atomic E-state index is -0.262. The molecule has 1 amide bonds. The Morgan fingerprint density at radius 3 is 2.79 bits per heavy atom. The summed E-state index contributed by atoms with van der Waals surface area (Å²) in [5, 5.41) is 8.79. The number of amides is 1. The number of hydrogen-bond donors (Lipinski definition) is 2. The summed E-state index contributed by atoms with van der Waals surface area (Å²) in [6, 6.07) is 12.1. The summed E-state index contributed by atoms with van der Waals surface area (Å²) in [6.45, 7) is 0. The van der Waals surface area contributed by atoms with Crippen LogP contribution in [0, 0.1) is 5.82 Å². The van der Waals surface area contributed by atoms with Crippen molar-refractivity contribution in [2.75, 3.05) is 10.6 Å². The summed E-state index contributed by atoms with van der Waals surface area (Å²) in [6.07, 6.45) is 1.27. The number of carbonyl (C=O) groups is 1. The Labute approximate surface area is 142 Å². The molecule has 1 aliphatic heterocycles. The average molecular weight is 339 g/mol. The van der Waals surface area contributed by atoms with Crippen molar-refractivity contribution in [3.63, 3.8) is 0 Å². The number of thiazole rings is 1. The van der Waals surface area contributed by atoms with Gasteiger partial charge in [0.25, 0.3) is 0 Å². The summed E-state index contributed by atoms with van der Waals surface area (Å²) < 4.78 is 12.9. The molecule has 2 aromatic carbocycles. The van der Waals surface area contributed by atoms with Crippen LogP contribution in [0.1, 0.15) is 12.0 Å².